The van der Waals surface area contributed by atoms with Gasteiger partial charge in [0.1, 0.15) is 0 Å². The minimum atomic E-state index is -0.997. The fraction of sp³-hybridized carbons (Fsp3) is 0.357. The van der Waals surface area contributed by atoms with Gasteiger partial charge >= 0.3 is 5.97 Å². The molecular formula is C28H29N5O2. The summed E-state index contributed by atoms with van der Waals surface area (Å²) in [6, 6.07) is 15.7. The van der Waals surface area contributed by atoms with Gasteiger partial charge in [-0.2, -0.15) is 0 Å². The summed E-state index contributed by atoms with van der Waals surface area (Å²) in [6.07, 6.45) is 4.92. The van der Waals surface area contributed by atoms with Gasteiger partial charge < -0.3 is 10.0 Å². The topological polar surface area (TPSA) is 81.9 Å². The largest absolute Gasteiger partial charge is 0.478 e. The second-order valence-corrected chi connectivity index (χ2v) is 9.77. The molecule has 0 radical (unpaired) electrons. The number of carbonyl (C=O) groups is 1. The summed E-state index contributed by atoms with van der Waals surface area (Å²) < 4.78 is 0. The molecule has 2 aromatic carbocycles. The van der Waals surface area contributed by atoms with Gasteiger partial charge in [0.15, 0.2) is 0 Å². The molecule has 3 aromatic rings. The number of nitrogens with zero attached hydrogens (tertiary/aromatic N) is 5. The molecule has 6 rings (SSSR count). The Hall–Kier alpha value is -3.58. The van der Waals surface area contributed by atoms with Crippen molar-refractivity contribution in [1.29, 1.82) is 0 Å². The summed E-state index contributed by atoms with van der Waals surface area (Å²) in [5, 5.41) is 11.5. The summed E-state index contributed by atoms with van der Waals surface area (Å²) in [6.45, 7) is 6.64. The highest BCUT2D eigenvalue weighted by Crippen LogP contribution is 2.26. The van der Waals surface area contributed by atoms with Crippen LogP contribution in [0.25, 0.3) is 16.7 Å². The van der Waals surface area contributed by atoms with E-state index in [9.17, 15) is 9.90 Å². The lowest BCUT2D eigenvalue weighted by atomic mass is 9.97. The highest BCUT2D eigenvalue weighted by molar-refractivity contribution is 5.88. The third-order valence-corrected chi connectivity index (χ3v) is 7.42. The highest BCUT2D eigenvalue weighted by atomic mass is 16.4. The molecule has 1 atom stereocenters. The van der Waals surface area contributed by atoms with Gasteiger partial charge in [-0.15, -0.1) is 0 Å². The van der Waals surface area contributed by atoms with E-state index in [1.807, 2.05) is 0 Å². The number of carboxylic acids is 1. The number of anilines is 1. The monoisotopic (exact) mass is 467 g/mol. The van der Waals surface area contributed by atoms with Crippen LogP contribution in [0.5, 0.6) is 0 Å². The summed E-state index contributed by atoms with van der Waals surface area (Å²) >= 11 is 0. The van der Waals surface area contributed by atoms with Gasteiger partial charge in [0.05, 0.1) is 22.7 Å². The average molecular weight is 468 g/mol. The Morgan fingerprint density at radius 2 is 1.91 bits per heavy atom. The molecule has 35 heavy (non-hydrogen) atoms. The van der Waals surface area contributed by atoms with Gasteiger partial charge in [-0.3, -0.25) is 9.89 Å². The predicted octanol–water partition coefficient (Wildman–Crippen LogP) is 2.81. The molecule has 7 nitrogen and oxygen atoms in total. The molecule has 1 N–H and O–H groups in total. The Morgan fingerprint density at radius 3 is 2.71 bits per heavy atom. The number of hydrogen-bond acceptors (Lipinski definition) is 6. The molecule has 7 heteroatoms. The maximum absolute atomic E-state index is 11.3. The van der Waals surface area contributed by atoms with Crippen LogP contribution in [-0.2, 0) is 6.54 Å². The lowest BCUT2D eigenvalue weighted by Crippen LogP contribution is -2.39. The van der Waals surface area contributed by atoms with Crippen LogP contribution in [0, 0.1) is 6.92 Å². The normalized spacial score (nSPS) is 19.4. The number of carboxylic acid groups (broad SMARTS) is 1. The van der Waals surface area contributed by atoms with Crippen LogP contribution >= 0.6 is 0 Å². The fourth-order valence-electron chi connectivity index (χ4n) is 5.54. The number of likely N-dealkylation sites (tertiary alicyclic amines) is 1. The van der Waals surface area contributed by atoms with Gasteiger partial charge in [0, 0.05) is 31.0 Å². The molecule has 3 aliphatic heterocycles. The first-order chi connectivity index (χ1) is 17.0. The summed E-state index contributed by atoms with van der Waals surface area (Å²) in [7, 11) is 0. The number of hydrogen-bond donors (Lipinski definition) is 1. The Morgan fingerprint density at radius 1 is 1.09 bits per heavy atom. The first-order valence-electron chi connectivity index (χ1n) is 12.4. The smallest absolute Gasteiger partial charge is 0.339 e. The zero-order valence-corrected chi connectivity index (χ0v) is 19.9. The van der Waals surface area contributed by atoms with E-state index in [2.05, 4.69) is 62.2 Å². The van der Waals surface area contributed by atoms with Gasteiger partial charge in [-0.05, 0) is 73.7 Å². The van der Waals surface area contributed by atoms with Crippen LogP contribution in [0.1, 0.15) is 40.9 Å². The quantitative estimate of drug-likeness (QED) is 0.622. The zero-order chi connectivity index (χ0) is 23.9. The molecule has 0 saturated carbocycles. The Kier molecular flexibility index (Phi) is 5.57. The summed E-state index contributed by atoms with van der Waals surface area (Å²) in [4.78, 5) is 29.8. The lowest BCUT2D eigenvalue weighted by molar-refractivity contribution is 0.0695. The van der Waals surface area contributed by atoms with Crippen molar-refractivity contribution in [1.82, 2.24) is 14.9 Å². The van der Waals surface area contributed by atoms with E-state index in [0.717, 1.165) is 24.9 Å². The molecule has 0 bridgehead atoms. The van der Waals surface area contributed by atoms with E-state index >= 15 is 0 Å². The van der Waals surface area contributed by atoms with Crippen LogP contribution < -0.4 is 15.5 Å². The van der Waals surface area contributed by atoms with Crippen molar-refractivity contribution >= 4 is 17.5 Å². The third kappa shape index (κ3) is 4.21. The van der Waals surface area contributed by atoms with Crippen molar-refractivity contribution in [3.05, 3.63) is 76.1 Å². The van der Waals surface area contributed by atoms with E-state index in [-0.39, 0.29) is 11.6 Å². The maximum Gasteiger partial charge on any atom is 0.339 e. The van der Waals surface area contributed by atoms with Crippen LogP contribution in [-0.4, -0.2) is 58.2 Å². The van der Waals surface area contributed by atoms with E-state index < -0.39 is 5.97 Å². The minimum absolute atomic E-state index is 0.148. The van der Waals surface area contributed by atoms with Crippen LogP contribution in [0.2, 0.25) is 0 Å². The Balaban J connectivity index is 1.27. The van der Waals surface area contributed by atoms with Crippen LogP contribution in [0.15, 0.2) is 53.7 Å². The molecule has 2 saturated heterocycles. The molecule has 0 aliphatic carbocycles. The van der Waals surface area contributed by atoms with Crippen molar-refractivity contribution in [3.8, 4) is 11.1 Å². The first kappa shape index (κ1) is 21.9. The van der Waals surface area contributed by atoms with Gasteiger partial charge in [-0.25, -0.2) is 14.8 Å². The van der Waals surface area contributed by atoms with Crippen LogP contribution in [0.3, 0.4) is 0 Å². The molecule has 0 spiro atoms. The molecule has 3 aliphatic rings. The number of aromatic nitrogens is 2. The molecule has 2 fully saturated rings. The van der Waals surface area contributed by atoms with E-state index in [4.69, 9.17) is 4.99 Å². The lowest BCUT2D eigenvalue weighted by Gasteiger charge is -2.31. The standard InChI is InChI=1S/C28H29N5O2/c1-18-23(27(34)35)15-29-28(30-18)33-12-9-25-24(17-33)22-8-7-21(14-26(22)31-25)20-6-4-5-19(13-20)16-32-10-2-3-11-32/h4-8,13-15,25H,2-3,9-12,16-17H2,1H3,(H,34,35). The summed E-state index contributed by atoms with van der Waals surface area (Å²) in [5.74, 6) is -0.415. The van der Waals surface area contributed by atoms with E-state index in [1.165, 1.54) is 59.6 Å². The predicted molar refractivity (Wildman–Crippen MR) is 135 cm³/mol. The van der Waals surface area contributed by atoms with Gasteiger partial charge in [0.2, 0.25) is 5.95 Å². The highest BCUT2D eigenvalue weighted by Gasteiger charge is 2.29. The van der Waals surface area contributed by atoms with E-state index in [0.29, 0.717) is 18.2 Å². The number of aromatic carboxylic acids is 1. The third-order valence-electron chi connectivity index (χ3n) is 7.42. The molecule has 1 aromatic heterocycles. The Bertz CT molecular complexity index is 1430. The zero-order valence-electron chi connectivity index (χ0n) is 19.9. The molecule has 178 valence electrons. The number of fused-ring (bicyclic) bond motifs is 2. The Labute approximate surface area is 204 Å². The number of aryl methyl sites for hydroxylation is 1. The second kappa shape index (κ2) is 8.89. The maximum atomic E-state index is 11.3. The molecular weight excluding hydrogens is 438 g/mol. The number of benzene rings is 2. The van der Waals surface area contributed by atoms with Crippen molar-refractivity contribution in [3.63, 3.8) is 0 Å². The van der Waals surface area contributed by atoms with Crippen molar-refractivity contribution < 1.29 is 9.90 Å². The van der Waals surface area contributed by atoms with Gasteiger partial charge in [0.25, 0.3) is 0 Å². The molecule has 1 unspecified atom stereocenters. The first-order valence-corrected chi connectivity index (χ1v) is 12.4. The minimum Gasteiger partial charge on any atom is -0.478 e. The fourth-order valence-corrected chi connectivity index (χ4v) is 5.54. The van der Waals surface area contributed by atoms with E-state index in [1.54, 1.807) is 6.92 Å². The van der Waals surface area contributed by atoms with Crippen molar-refractivity contribution in [2.24, 2.45) is 4.99 Å². The second-order valence-electron chi connectivity index (χ2n) is 9.77. The summed E-state index contributed by atoms with van der Waals surface area (Å²) in [5.41, 5.74) is 5.74. The SMILES string of the molecule is Cc1nc(N2CCC3N=c4cc(-c5cccc(CN6CCCC6)c5)ccc4=C3C2)ncc1C(=O)O. The molecule has 0 amide bonds. The number of rotatable bonds is 5. The van der Waals surface area contributed by atoms with Crippen molar-refractivity contribution in [2.45, 2.75) is 38.8 Å². The number of piperidine rings is 1. The van der Waals surface area contributed by atoms with Crippen LogP contribution in [0.4, 0.5) is 5.95 Å². The average Bonchev–Trinajstić information content (AvgIpc) is 3.50. The van der Waals surface area contributed by atoms with Gasteiger partial charge in [-0.1, -0.05) is 30.3 Å². The van der Waals surface area contributed by atoms with Crippen molar-refractivity contribution in [2.75, 3.05) is 31.1 Å². The molecule has 4 heterocycles.